The number of amides is 1. The molecule has 3 aromatic carbocycles. The van der Waals surface area contributed by atoms with Crippen LogP contribution in [0.4, 0.5) is 0 Å². The standard InChI is InChI=1S/C30H39ClN6O/c1-21-19-37(29(38)28(32)18-22-9-12-26(31)13-10-22)27(7-4-15-35-30(33)34)20-36(21)16-14-23-8-11-24-5-2-3-6-25(24)17-23/h2-3,5-6,8-13,17,21,27-28H,4,7,14-16,18-20,32H2,1H3,(H4,33,34,35)/t21-,27+,28-/m1/s1. The van der Waals surface area contributed by atoms with Crippen LogP contribution in [0.15, 0.2) is 71.7 Å². The molecule has 0 aromatic heterocycles. The molecule has 1 saturated heterocycles. The molecule has 1 fully saturated rings. The molecule has 6 N–H and O–H groups in total. The summed E-state index contributed by atoms with van der Waals surface area (Å²) in [5.74, 6) is 0.0880. The van der Waals surface area contributed by atoms with Crippen LogP contribution in [-0.4, -0.2) is 66.0 Å². The molecule has 4 rings (SSSR count). The average molecular weight is 535 g/mol. The lowest BCUT2D eigenvalue weighted by Gasteiger charge is -2.46. The second-order valence-corrected chi connectivity index (χ2v) is 10.7. The monoisotopic (exact) mass is 534 g/mol. The largest absolute Gasteiger partial charge is 0.370 e. The fourth-order valence-electron chi connectivity index (χ4n) is 5.30. The predicted octanol–water partition coefficient (Wildman–Crippen LogP) is 3.56. The van der Waals surface area contributed by atoms with Gasteiger partial charge in [-0.1, -0.05) is 66.2 Å². The van der Waals surface area contributed by atoms with Crippen LogP contribution in [-0.2, 0) is 17.6 Å². The Kier molecular flexibility index (Phi) is 9.61. The average Bonchev–Trinajstić information content (AvgIpc) is 2.91. The number of carbonyl (C=O) groups is 1. The van der Waals surface area contributed by atoms with Crippen LogP contribution in [0.25, 0.3) is 10.8 Å². The topological polar surface area (TPSA) is 114 Å². The highest BCUT2D eigenvalue weighted by Crippen LogP contribution is 2.22. The van der Waals surface area contributed by atoms with Crippen molar-refractivity contribution in [2.75, 3.05) is 26.2 Å². The summed E-state index contributed by atoms with van der Waals surface area (Å²) >= 11 is 6.02. The van der Waals surface area contributed by atoms with E-state index in [0.29, 0.717) is 24.5 Å². The van der Waals surface area contributed by atoms with E-state index < -0.39 is 6.04 Å². The molecule has 0 saturated carbocycles. The van der Waals surface area contributed by atoms with E-state index in [1.807, 2.05) is 29.2 Å². The minimum Gasteiger partial charge on any atom is -0.370 e. The first kappa shape index (κ1) is 27.9. The summed E-state index contributed by atoms with van der Waals surface area (Å²) in [6.45, 7) is 5.13. The summed E-state index contributed by atoms with van der Waals surface area (Å²) in [6, 6.07) is 22.3. The van der Waals surface area contributed by atoms with E-state index in [1.165, 1.54) is 16.3 Å². The molecule has 0 bridgehead atoms. The van der Waals surface area contributed by atoms with Crippen LogP contribution < -0.4 is 17.2 Å². The van der Waals surface area contributed by atoms with Crippen LogP contribution in [0.1, 0.15) is 30.9 Å². The Hall–Kier alpha value is -3.13. The van der Waals surface area contributed by atoms with Crippen molar-refractivity contribution >= 4 is 34.2 Å². The van der Waals surface area contributed by atoms with Gasteiger partial charge in [0.05, 0.1) is 6.04 Å². The van der Waals surface area contributed by atoms with Crippen LogP contribution in [0.5, 0.6) is 0 Å². The summed E-state index contributed by atoms with van der Waals surface area (Å²) in [7, 11) is 0. The predicted molar refractivity (Wildman–Crippen MR) is 157 cm³/mol. The van der Waals surface area contributed by atoms with E-state index in [4.69, 9.17) is 28.8 Å². The first-order chi connectivity index (χ1) is 18.3. The van der Waals surface area contributed by atoms with Gasteiger partial charge in [-0.05, 0) is 66.6 Å². The van der Waals surface area contributed by atoms with E-state index in [1.54, 1.807) is 0 Å². The van der Waals surface area contributed by atoms with E-state index in [-0.39, 0.29) is 24.0 Å². The van der Waals surface area contributed by atoms with Gasteiger partial charge < -0.3 is 22.1 Å². The van der Waals surface area contributed by atoms with Crippen molar-refractivity contribution in [2.45, 2.75) is 50.7 Å². The number of carbonyl (C=O) groups excluding carboxylic acids is 1. The summed E-state index contributed by atoms with van der Waals surface area (Å²) in [4.78, 5) is 22.2. The number of fused-ring (bicyclic) bond motifs is 1. The lowest BCUT2D eigenvalue weighted by molar-refractivity contribution is -0.139. The number of rotatable bonds is 10. The van der Waals surface area contributed by atoms with Crippen molar-refractivity contribution in [3.63, 3.8) is 0 Å². The molecule has 7 nitrogen and oxygen atoms in total. The van der Waals surface area contributed by atoms with E-state index in [0.717, 1.165) is 37.9 Å². The highest BCUT2D eigenvalue weighted by molar-refractivity contribution is 6.30. The van der Waals surface area contributed by atoms with Crippen LogP contribution in [0.2, 0.25) is 5.02 Å². The second kappa shape index (κ2) is 13.1. The normalized spacial score (nSPS) is 18.9. The third-order valence-corrected chi connectivity index (χ3v) is 7.68. The summed E-state index contributed by atoms with van der Waals surface area (Å²) in [5.41, 5.74) is 19.8. The van der Waals surface area contributed by atoms with Gasteiger partial charge in [-0.25, -0.2) is 0 Å². The molecule has 0 spiro atoms. The van der Waals surface area contributed by atoms with Crippen LogP contribution in [0.3, 0.4) is 0 Å². The van der Waals surface area contributed by atoms with Crippen LogP contribution in [0, 0.1) is 0 Å². The lowest BCUT2D eigenvalue weighted by atomic mass is 9.98. The molecule has 0 unspecified atom stereocenters. The van der Waals surface area contributed by atoms with Gasteiger partial charge in [0.15, 0.2) is 5.96 Å². The SMILES string of the molecule is C[C@@H]1CN(C(=O)[C@H](N)Cc2ccc(Cl)cc2)[C@@H](CCCN=C(N)N)CN1CCc1ccc2ccccc2c1. The molecule has 3 aromatic rings. The van der Waals surface area contributed by atoms with Gasteiger partial charge >= 0.3 is 0 Å². The number of hydrogen-bond acceptors (Lipinski definition) is 4. The number of piperazine rings is 1. The minimum absolute atomic E-state index is 0.00665. The van der Waals surface area contributed by atoms with Gasteiger partial charge in [0.25, 0.3) is 0 Å². The number of hydrogen-bond donors (Lipinski definition) is 3. The van der Waals surface area contributed by atoms with Crippen molar-refractivity contribution in [1.82, 2.24) is 9.80 Å². The van der Waals surface area contributed by atoms with Gasteiger partial charge in [0, 0.05) is 43.3 Å². The van der Waals surface area contributed by atoms with E-state index in [9.17, 15) is 4.79 Å². The zero-order chi connectivity index (χ0) is 27.1. The van der Waals surface area contributed by atoms with Gasteiger partial charge in [0.1, 0.15) is 0 Å². The Morgan fingerprint density at radius 1 is 1.03 bits per heavy atom. The zero-order valence-electron chi connectivity index (χ0n) is 22.1. The zero-order valence-corrected chi connectivity index (χ0v) is 22.9. The van der Waals surface area contributed by atoms with Gasteiger partial charge in [-0.15, -0.1) is 0 Å². The molecule has 1 amide bonds. The molecule has 1 heterocycles. The van der Waals surface area contributed by atoms with E-state index in [2.05, 4.69) is 59.3 Å². The van der Waals surface area contributed by atoms with Crippen molar-refractivity contribution < 1.29 is 4.79 Å². The Morgan fingerprint density at radius 2 is 1.74 bits per heavy atom. The van der Waals surface area contributed by atoms with Gasteiger partial charge in [-0.3, -0.25) is 14.7 Å². The molecule has 1 aliphatic rings. The highest BCUT2D eigenvalue weighted by atomic mass is 35.5. The second-order valence-electron chi connectivity index (χ2n) is 10.3. The maximum atomic E-state index is 13.6. The van der Waals surface area contributed by atoms with Crippen molar-refractivity contribution in [3.05, 3.63) is 82.9 Å². The van der Waals surface area contributed by atoms with Crippen molar-refractivity contribution in [2.24, 2.45) is 22.2 Å². The number of benzene rings is 3. The first-order valence-corrected chi connectivity index (χ1v) is 13.8. The molecule has 3 atom stereocenters. The number of nitrogens with two attached hydrogens (primary N) is 3. The smallest absolute Gasteiger partial charge is 0.240 e. The molecule has 38 heavy (non-hydrogen) atoms. The third-order valence-electron chi connectivity index (χ3n) is 7.43. The van der Waals surface area contributed by atoms with Crippen molar-refractivity contribution in [1.29, 1.82) is 0 Å². The molecule has 202 valence electrons. The molecular weight excluding hydrogens is 496 g/mol. The molecule has 1 aliphatic heterocycles. The fourth-order valence-corrected chi connectivity index (χ4v) is 5.43. The molecular formula is C30H39ClN6O. The molecule has 0 aliphatic carbocycles. The maximum Gasteiger partial charge on any atom is 0.240 e. The quantitative estimate of drug-likeness (QED) is 0.209. The lowest BCUT2D eigenvalue weighted by Crippen LogP contribution is -2.62. The Morgan fingerprint density at radius 3 is 2.47 bits per heavy atom. The van der Waals surface area contributed by atoms with Crippen molar-refractivity contribution in [3.8, 4) is 0 Å². The highest BCUT2D eigenvalue weighted by Gasteiger charge is 2.35. The van der Waals surface area contributed by atoms with Crippen LogP contribution >= 0.6 is 11.6 Å². The van der Waals surface area contributed by atoms with Gasteiger partial charge in [-0.2, -0.15) is 0 Å². The number of nitrogens with zero attached hydrogens (tertiary/aromatic N) is 3. The summed E-state index contributed by atoms with van der Waals surface area (Å²) in [6.07, 6.45) is 3.05. The Bertz CT molecular complexity index is 1240. The summed E-state index contributed by atoms with van der Waals surface area (Å²) < 4.78 is 0. The first-order valence-electron chi connectivity index (χ1n) is 13.4. The minimum atomic E-state index is -0.604. The maximum absolute atomic E-state index is 13.6. The van der Waals surface area contributed by atoms with E-state index >= 15 is 0 Å². The number of aliphatic imine (C=N–C) groups is 1. The molecule has 0 radical (unpaired) electrons. The number of halogens is 1. The molecule has 8 heteroatoms. The third kappa shape index (κ3) is 7.47. The summed E-state index contributed by atoms with van der Waals surface area (Å²) in [5, 5.41) is 3.19. The van der Waals surface area contributed by atoms with Gasteiger partial charge in [0.2, 0.25) is 5.91 Å². The fraction of sp³-hybridized carbons (Fsp3) is 0.400. The number of guanidine groups is 1. The Labute approximate surface area is 230 Å². The Balaban J connectivity index is 1.42.